The normalized spacial score (nSPS) is 13.0. The highest BCUT2D eigenvalue weighted by Gasteiger charge is 2.13. The molecule has 0 atom stereocenters. The average Bonchev–Trinajstić information content (AvgIpc) is 3.30. The summed E-state index contributed by atoms with van der Waals surface area (Å²) in [4.78, 5) is 23.2. The standard InChI is InChI=1S/C22H20N6O/c23-13-16-3-5-17(6-4-16)26-21-15-24-20(14-25-21)22(29)27-18-7-9-19(10-8-18)28-11-1-2-12-28/h3-10,14-15H,1-2,11-12H2,(H,25,26)(H,27,29). The van der Waals surface area contributed by atoms with Crippen LogP contribution in [0.3, 0.4) is 0 Å². The molecular weight excluding hydrogens is 364 g/mol. The molecule has 1 aromatic heterocycles. The summed E-state index contributed by atoms with van der Waals surface area (Å²) in [5, 5.41) is 14.8. The third-order valence-electron chi connectivity index (χ3n) is 4.77. The van der Waals surface area contributed by atoms with Crippen molar-refractivity contribution in [1.29, 1.82) is 5.26 Å². The van der Waals surface area contributed by atoms with Crippen LogP contribution in [0.4, 0.5) is 22.9 Å². The number of rotatable bonds is 5. The van der Waals surface area contributed by atoms with Crippen molar-refractivity contribution in [3.63, 3.8) is 0 Å². The zero-order valence-corrected chi connectivity index (χ0v) is 15.8. The van der Waals surface area contributed by atoms with Gasteiger partial charge in [-0.1, -0.05) is 0 Å². The van der Waals surface area contributed by atoms with Crippen molar-refractivity contribution in [2.45, 2.75) is 12.8 Å². The van der Waals surface area contributed by atoms with E-state index in [9.17, 15) is 4.79 Å². The van der Waals surface area contributed by atoms with Gasteiger partial charge in [-0.05, 0) is 61.4 Å². The predicted molar refractivity (Wildman–Crippen MR) is 112 cm³/mol. The summed E-state index contributed by atoms with van der Waals surface area (Å²) in [5.74, 6) is 0.206. The van der Waals surface area contributed by atoms with Crippen LogP contribution in [0.5, 0.6) is 0 Å². The maximum atomic E-state index is 12.4. The maximum absolute atomic E-state index is 12.4. The molecule has 29 heavy (non-hydrogen) atoms. The Labute approximate surface area is 169 Å². The Morgan fingerprint density at radius 2 is 1.62 bits per heavy atom. The molecule has 0 aliphatic carbocycles. The van der Waals surface area contributed by atoms with Crippen molar-refractivity contribution >= 4 is 28.8 Å². The molecule has 1 amide bonds. The van der Waals surface area contributed by atoms with E-state index >= 15 is 0 Å². The van der Waals surface area contributed by atoms with Gasteiger partial charge in [-0.3, -0.25) is 4.79 Å². The minimum absolute atomic E-state index is 0.235. The second-order valence-electron chi connectivity index (χ2n) is 6.80. The lowest BCUT2D eigenvalue weighted by atomic mass is 10.2. The van der Waals surface area contributed by atoms with Crippen molar-refractivity contribution in [2.24, 2.45) is 0 Å². The van der Waals surface area contributed by atoms with Gasteiger partial charge < -0.3 is 15.5 Å². The Balaban J connectivity index is 1.36. The third-order valence-corrected chi connectivity index (χ3v) is 4.77. The fraction of sp³-hybridized carbons (Fsp3) is 0.182. The van der Waals surface area contributed by atoms with Gasteiger partial charge in [0.15, 0.2) is 0 Å². The molecule has 3 aromatic rings. The first-order valence-electron chi connectivity index (χ1n) is 9.47. The summed E-state index contributed by atoms with van der Waals surface area (Å²) < 4.78 is 0. The van der Waals surface area contributed by atoms with Crippen molar-refractivity contribution in [3.05, 3.63) is 72.2 Å². The van der Waals surface area contributed by atoms with Gasteiger partial charge in [0.1, 0.15) is 11.5 Å². The summed E-state index contributed by atoms with van der Waals surface area (Å²) in [6, 6.07) is 16.9. The number of carbonyl (C=O) groups excluding carboxylic acids is 1. The fourth-order valence-corrected chi connectivity index (χ4v) is 3.21. The van der Waals surface area contributed by atoms with E-state index in [-0.39, 0.29) is 11.6 Å². The first-order chi connectivity index (χ1) is 14.2. The monoisotopic (exact) mass is 384 g/mol. The van der Waals surface area contributed by atoms with Crippen LogP contribution >= 0.6 is 0 Å². The van der Waals surface area contributed by atoms with Gasteiger partial charge in [0.05, 0.1) is 24.0 Å². The van der Waals surface area contributed by atoms with Gasteiger partial charge in [0.2, 0.25) is 0 Å². The topological polar surface area (TPSA) is 93.9 Å². The zero-order chi connectivity index (χ0) is 20.1. The van der Waals surface area contributed by atoms with Gasteiger partial charge in [-0.25, -0.2) is 9.97 Å². The molecule has 4 rings (SSSR count). The Morgan fingerprint density at radius 1 is 0.931 bits per heavy atom. The van der Waals surface area contributed by atoms with Gasteiger partial charge >= 0.3 is 0 Å². The first-order valence-corrected chi connectivity index (χ1v) is 9.47. The molecule has 7 heteroatoms. The molecule has 1 aliphatic rings. The summed E-state index contributed by atoms with van der Waals surface area (Å²) in [6.07, 6.45) is 5.39. The van der Waals surface area contributed by atoms with E-state index in [0.717, 1.165) is 24.5 Å². The average molecular weight is 384 g/mol. The molecule has 2 N–H and O–H groups in total. The summed E-state index contributed by atoms with van der Waals surface area (Å²) in [7, 11) is 0. The number of benzene rings is 2. The van der Waals surface area contributed by atoms with Gasteiger partial charge in [-0.15, -0.1) is 0 Å². The molecule has 0 spiro atoms. The minimum atomic E-state index is -0.309. The highest BCUT2D eigenvalue weighted by atomic mass is 16.1. The molecule has 1 aliphatic heterocycles. The number of nitrogens with one attached hydrogen (secondary N) is 2. The summed E-state index contributed by atoms with van der Waals surface area (Å²) in [5.41, 5.74) is 3.51. The van der Waals surface area contributed by atoms with Crippen LogP contribution < -0.4 is 15.5 Å². The summed E-state index contributed by atoms with van der Waals surface area (Å²) >= 11 is 0. The molecule has 144 valence electrons. The largest absolute Gasteiger partial charge is 0.372 e. The Bertz CT molecular complexity index is 1020. The SMILES string of the molecule is N#Cc1ccc(Nc2cnc(C(=O)Nc3ccc(N4CCCC4)cc3)cn2)cc1. The number of nitriles is 1. The second-order valence-corrected chi connectivity index (χ2v) is 6.80. The van der Waals surface area contributed by atoms with E-state index in [4.69, 9.17) is 5.26 Å². The van der Waals surface area contributed by atoms with E-state index in [1.165, 1.54) is 30.9 Å². The van der Waals surface area contributed by atoms with Crippen LogP contribution in [-0.4, -0.2) is 29.0 Å². The van der Waals surface area contributed by atoms with E-state index in [2.05, 4.69) is 31.6 Å². The van der Waals surface area contributed by atoms with E-state index < -0.39 is 0 Å². The molecule has 1 fully saturated rings. The van der Waals surface area contributed by atoms with Crippen molar-refractivity contribution in [1.82, 2.24) is 9.97 Å². The lowest BCUT2D eigenvalue weighted by Crippen LogP contribution is -2.18. The van der Waals surface area contributed by atoms with Gasteiger partial charge in [0, 0.05) is 30.2 Å². The van der Waals surface area contributed by atoms with Crippen LogP contribution in [0.15, 0.2) is 60.9 Å². The molecule has 0 radical (unpaired) electrons. The molecule has 2 heterocycles. The molecule has 1 saturated heterocycles. The van der Waals surface area contributed by atoms with E-state index in [1.807, 2.05) is 24.3 Å². The van der Waals surface area contributed by atoms with Crippen LogP contribution in [0.25, 0.3) is 0 Å². The number of carbonyl (C=O) groups is 1. The van der Waals surface area contributed by atoms with Crippen molar-refractivity contribution in [3.8, 4) is 6.07 Å². The first kappa shape index (κ1) is 18.4. The van der Waals surface area contributed by atoms with Crippen LogP contribution in [0.2, 0.25) is 0 Å². The number of anilines is 4. The lowest BCUT2D eigenvalue weighted by molar-refractivity contribution is 0.102. The van der Waals surface area contributed by atoms with Crippen molar-refractivity contribution < 1.29 is 4.79 Å². The highest BCUT2D eigenvalue weighted by Crippen LogP contribution is 2.22. The summed E-state index contributed by atoms with van der Waals surface area (Å²) in [6.45, 7) is 2.17. The maximum Gasteiger partial charge on any atom is 0.275 e. The molecule has 0 saturated carbocycles. The number of amides is 1. The van der Waals surface area contributed by atoms with Gasteiger partial charge in [-0.2, -0.15) is 5.26 Å². The Hall–Kier alpha value is -3.92. The molecule has 0 bridgehead atoms. The zero-order valence-electron chi connectivity index (χ0n) is 15.8. The lowest BCUT2D eigenvalue weighted by Gasteiger charge is -2.17. The number of hydrogen-bond acceptors (Lipinski definition) is 6. The number of nitrogens with zero attached hydrogens (tertiary/aromatic N) is 4. The molecule has 7 nitrogen and oxygen atoms in total. The Kier molecular flexibility index (Phi) is 5.34. The minimum Gasteiger partial charge on any atom is -0.372 e. The molecule has 2 aromatic carbocycles. The third kappa shape index (κ3) is 4.50. The van der Waals surface area contributed by atoms with Crippen LogP contribution in [0.1, 0.15) is 28.9 Å². The second kappa shape index (κ2) is 8.40. The van der Waals surface area contributed by atoms with Gasteiger partial charge in [0.25, 0.3) is 5.91 Å². The van der Waals surface area contributed by atoms with E-state index in [0.29, 0.717) is 11.4 Å². The predicted octanol–water partition coefficient (Wildman–Crippen LogP) is 3.94. The Morgan fingerprint density at radius 3 is 2.24 bits per heavy atom. The number of aromatic nitrogens is 2. The fourth-order valence-electron chi connectivity index (χ4n) is 3.21. The quantitative estimate of drug-likeness (QED) is 0.692. The molecule has 0 unspecified atom stereocenters. The number of hydrogen-bond donors (Lipinski definition) is 2. The highest BCUT2D eigenvalue weighted by molar-refractivity contribution is 6.02. The van der Waals surface area contributed by atoms with Crippen LogP contribution in [-0.2, 0) is 0 Å². The van der Waals surface area contributed by atoms with E-state index in [1.54, 1.807) is 24.3 Å². The molecular formula is C22H20N6O. The van der Waals surface area contributed by atoms with Crippen LogP contribution in [0, 0.1) is 11.3 Å². The van der Waals surface area contributed by atoms with Crippen molar-refractivity contribution in [2.75, 3.05) is 28.6 Å². The smallest absolute Gasteiger partial charge is 0.275 e.